The smallest absolute Gasteiger partial charge is 0.228 e. The van der Waals surface area contributed by atoms with Gasteiger partial charge in [0.15, 0.2) is 5.82 Å². The Bertz CT molecular complexity index is 421. The molecule has 6 heteroatoms. The molecule has 3 N–H and O–H groups in total. The minimum absolute atomic E-state index is 0.0468. The number of carbonyl (C=O) groups is 1. The average Bonchev–Trinajstić information content (AvgIpc) is 2.83. The van der Waals surface area contributed by atoms with Crippen LogP contribution in [0, 0.1) is 6.92 Å². The zero-order valence-electron chi connectivity index (χ0n) is 10.2. The quantitative estimate of drug-likeness (QED) is 0.816. The van der Waals surface area contributed by atoms with Crippen molar-refractivity contribution < 1.29 is 9.53 Å². The van der Waals surface area contributed by atoms with E-state index in [1.54, 1.807) is 11.7 Å². The lowest BCUT2D eigenvalue weighted by Gasteiger charge is -2.10. The van der Waals surface area contributed by atoms with Gasteiger partial charge >= 0.3 is 0 Å². The molecule has 0 bridgehead atoms. The summed E-state index contributed by atoms with van der Waals surface area (Å²) in [5.41, 5.74) is 7.07. The highest BCUT2D eigenvalue weighted by molar-refractivity contribution is 5.93. The van der Waals surface area contributed by atoms with Crippen molar-refractivity contribution >= 4 is 17.4 Å². The van der Waals surface area contributed by atoms with Gasteiger partial charge in [-0.3, -0.25) is 9.48 Å². The molecule has 1 amide bonds. The summed E-state index contributed by atoms with van der Waals surface area (Å²) in [5.74, 6) is 0.483. The molecule has 1 unspecified atom stereocenters. The van der Waals surface area contributed by atoms with Crippen LogP contribution in [0.1, 0.15) is 25.0 Å². The van der Waals surface area contributed by atoms with Gasteiger partial charge in [-0.25, -0.2) is 0 Å². The van der Waals surface area contributed by atoms with Gasteiger partial charge in [-0.1, -0.05) is 0 Å². The third-order valence-electron chi connectivity index (χ3n) is 2.96. The number of anilines is 2. The number of aryl methyl sites for hydroxylation is 2. The molecule has 0 radical (unpaired) electrons. The van der Waals surface area contributed by atoms with Gasteiger partial charge in [0, 0.05) is 13.7 Å². The number of nitrogens with one attached hydrogen (secondary N) is 1. The Labute approximate surface area is 100 Å². The first-order valence-electron chi connectivity index (χ1n) is 5.78. The fourth-order valence-corrected chi connectivity index (χ4v) is 2.02. The summed E-state index contributed by atoms with van der Waals surface area (Å²) in [7, 11) is 1.76. The number of hydrogen-bond donors (Lipinski definition) is 2. The van der Waals surface area contributed by atoms with Crippen molar-refractivity contribution in [2.24, 2.45) is 7.05 Å². The molecule has 0 spiro atoms. The maximum absolute atomic E-state index is 11.8. The largest absolute Gasteiger partial charge is 0.394 e. The number of amides is 1. The Kier molecular flexibility index (Phi) is 3.33. The maximum atomic E-state index is 11.8. The van der Waals surface area contributed by atoms with Crippen LogP contribution < -0.4 is 11.1 Å². The molecule has 1 aromatic heterocycles. The maximum Gasteiger partial charge on any atom is 0.228 e. The average molecular weight is 238 g/mol. The molecule has 2 rings (SSSR count). The first-order chi connectivity index (χ1) is 8.08. The van der Waals surface area contributed by atoms with Crippen molar-refractivity contribution in [3.63, 3.8) is 0 Å². The molecular formula is C11H18N4O2. The lowest BCUT2D eigenvalue weighted by Crippen LogP contribution is -2.21. The van der Waals surface area contributed by atoms with Crippen LogP contribution in [0.25, 0.3) is 0 Å². The van der Waals surface area contributed by atoms with Crippen LogP contribution in [0.5, 0.6) is 0 Å². The number of ether oxygens (including phenoxy) is 1. The summed E-state index contributed by atoms with van der Waals surface area (Å²) >= 11 is 0. The van der Waals surface area contributed by atoms with Gasteiger partial charge in [-0.15, -0.1) is 0 Å². The van der Waals surface area contributed by atoms with E-state index in [1.165, 1.54) is 0 Å². The Morgan fingerprint density at radius 1 is 1.71 bits per heavy atom. The van der Waals surface area contributed by atoms with Gasteiger partial charge in [-0.2, -0.15) is 5.10 Å². The molecule has 94 valence electrons. The van der Waals surface area contributed by atoms with Gasteiger partial charge in [0.25, 0.3) is 0 Å². The Hall–Kier alpha value is -1.56. The Balaban J connectivity index is 1.97. The first-order valence-corrected chi connectivity index (χ1v) is 5.78. The Morgan fingerprint density at radius 3 is 3.00 bits per heavy atom. The molecule has 0 aliphatic carbocycles. The van der Waals surface area contributed by atoms with Crippen LogP contribution in [-0.4, -0.2) is 28.4 Å². The molecule has 17 heavy (non-hydrogen) atoms. The second-order valence-corrected chi connectivity index (χ2v) is 4.36. The van der Waals surface area contributed by atoms with E-state index in [-0.39, 0.29) is 12.0 Å². The van der Waals surface area contributed by atoms with E-state index in [0.717, 1.165) is 25.1 Å². The van der Waals surface area contributed by atoms with Crippen LogP contribution in [-0.2, 0) is 16.6 Å². The summed E-state index contributed by atoms with van der Waals surface area (Å²) in [6.07, 6.45) is 2.41. The van der Waals surface area contributed by atoms with Gasteiger partial charge in [-0.05, 0) is 19.8 Å². The highest BCUT2D eigenvalue weighted by Gasteiger charge is 2.20. The minimum atomic E-state index is -0.0772. The normalized spacial score (nSPS) is 19.5. The van der Waals surface area contributed by atoms with Crippen molar-refractivity contribution in [2.45, 2.75) is 32.3 Å². The molecule has 1 fully saturated rings. The van der Waals surface area contributed by atoms with Gasteiger partial charge in [0.05, 0.1) is 23.9 Å². The molecule has 6 nitrogen and oxygen atoms in total. The van der Waals surface area contributed by atoms with Crippen molar-refractivity contribution in [2.75, 3.05) is 17.7 Å². The minimum Gasteiger partial charge on any atom is -0.394 e. The zero-order valence-corrected chi connectivity index (χ0v) is 10.2. The van der Waals surface area contributed by atoms with Crippen molar-refractivity contribution in [3.05, 3.63) is 5.69 Å². The summed E-state index contributed by atoms with van der Waals surface area (Å²) < 4.78 is 6.99. The SMILES string of the molecule is Cc1nn(C)c(NC(=O)CC2CCCO2)c1N. The number of nitrogens with zero attached hydrogens (tertiary/aromatic N) is 2. The second kappa shape index (κ2) is 4.75. The Morgan fingerprint density at radius 2 is 2.47 bits per heavy atom. The summed E-state index contributed by atoms with van der Waals surface area (Å²) in [4.78, 5) is 11.8. The zero-order chi connectivity index (χ0) is 12.4. The van der Waals surface area contributed by atoms with E-state index < -0.39 is 0 Å². The highest BCUT2D eigenvalue weighted by atomic mass is 16.5. The molecule has 1 saturated heterocycles. The van der Waals surface area contributed by atoms with E-state index in [4.69, 9.17) is 10.5 Å². The number of hydrogen-bond acceptors (Lipinski definition) is 4. The third-order valence-corrected chi connectivity index (χ3v) is 2.96. The number of nitrogen functional groups attached to an aromatic ring is 1. The number of carbonyl (C=O) groups excluding carboxylic acids is 1. The number of aromatic nitrogens is 2. The molecule has 1 aliphatic heterocycles. The van der Waals surface area contributed by atoms with Crippen LogP contribution in [0.4, 0.5) is 11.5 Å². The number of nitrogens with two attached hydrogens (primary N) is 1. The topological polar surface area (TPSA) is 82.2 Å². The van der Waals surface area contributed by atoms with E-state index >= 15 is 0 Å². The first kappa shape index (κ1) is 11.9. The third kappa shape index (κ3) is 2.58. The predicted octanol–water partition coefficient (Wildman–Crippen LogP) is 0.818. The monoisotopic (exact) mass is 238 g/mol. The van der Waals surface area contributed by atoms with Gasteiger partial charge < -0.3 is 15.8 Å². The molecule has 1 aromatic rings. The van der Waals surface area contributed by atoms with Gasteiger partial charge in [0.1, 0.15) is 0 Å². The fraction of sp³-hybridized carbons (Fsp3) is 0.636. The molecular weight excluding hydrogens is 220 g/mol. The van der Waals surface area contributed by atoms with Crippen LogP contribution in [0.2, 0.25) is 0 Å². The fourth-order valence-electron chi connectivity index (χ4n) is 2.02. The van der Waals surface area contributed by atoms with E-state index in [9.17, 15) is 4.79 Å². The van der Waals surface area contributed by atoms with Crippen molar-refractivity contribution in [1.82, 2.24) is 9.78 Å². The molecule has 0 aromatic carbocycles. The van der Waals surface area contributed by atoms with Crippen molar-refractivity contribution in [3.8, 4) is 0 Å². The van der Waals surface area contributed by atoms with E-state index in [2.05, 4.69) is 10.4 Å². The second-order valence-electron chi connectivity index (χ2n) is 4.36. The molecule has 2 heterocycles. The number of rotatable bonds is 3. The van der Waals surface area contributed by atoms with E-state index in [0.29, 0.717) is 17.9 Å². The summed E-state index contributed by atoms with van der Waals surface area (Å²) in [6, 6.07) is 0. The summed E-state index contributed by atoms with van der Waals surface area (Å²) in [6.45, 7) is 2.57. The standard InChI is InChI=1S/C11H18N4O2/c1-7-10(12)11(15(2)14-7)13-9(16)6-8-4-3-5-17-8/h8H,3-6,12H2,1-2H3,(H,13,16). The van der Waals surface area contributed by atoms with Gasteiger partial charge in [0.2, 0.25) is 5.91 Å². The van der Waals surface area contributed by atoms with Crippen LogP contribution in [0.15, 0.2) is 0 Å². The molecule has 0 saturated carbocycles. The lowest BCUT2D eigenvalue weighted by atomic mass is 10.2. The lowest BCUT2D eigenvalue weighted by molar-refractivity contribution is -0.118. The van der Waals surface area contributed by atoms with Crippen molar-refractivity contribution in [1.29, 1.82) is 0 Å². The molecule has 1 atom stereocenters. The molecule has 1 aliphatic rings. The van der Waals surface area contributed by atoms with Crippen LogP contribution >= 0.6 is 0 Å². The predicted molar refractivity (Wildman–Crippen MR) is 64.6 cm³/mol. The van der Waals surface area contributed by atoms with E-state index in [1.807, 2.05) is 6.92 Å². The highest BCUT2D eigenvalue weighted by Crippen LogP contribution is 2.22. The summed E-state index contributed by atoms with van der Waals surface area (Å²) in [5, 5.41) is 6.92. The van der Waals surface area contributed by atoms with Crippen LogP contribution in [0.3, 0.4) is 0 Å².